The Balaban J connectivity index is 1.33. The lowest BCUT2D eigenvalue weighted by molar-refractivity contribution is -0.130. The molecule has 29 heavy (non-hydrogen) atoms. The predicted molar refractivity (Wildman–Crippen MR) is 114 cm³/mol. The van der Waals surface area contributed by atoms with Crippen molar-refractivity contribution in [3.05, 3.63) is 95.1 Å². The van der Waals surface area contributed by atoms with Gasteiger partial charge in [-0.1, -0.05) is 67.6 Å². The van der Waals surface area contributed by atoms with E-state index in [2.05, 4.69) is 36.5 Å². The van der Waals surface area contributed by atoms with Crippen LogP contribution in [0.15, 0.2) is 72.8 Å². The summed E-state index contributed by atoms with van der Waals surface area (Å²) in [5.74, 6) is -0.301. The zero-order valence-corrected chi connectivity index (χ0v) is 16.5. The van der Waals surface area contributed by atoms with Crippen molar-refractivity contribution in [3.63, 3.8) is 0 Å². The number of hydrogen-bond acceptors (Lipinski definition) is 2. The molecule has 0 atom stereocenters. The minimum absolute atomic E-state index is 0.00700. The Morgan fingerprint density at radius 1 is 0.828 bits per heavy atom. The van der Waals surface area contributed by atoms with Crippen LogP contribution >= 0.6 is 0 Å². The summed E-state index contributed by atoms with van der Waals surface area (Å²) in [7, 11) is 0. The fourth-order valence-corrected chi connectivity index (χ4v) is 3.63. The molecule has 1 aliphatic rings. The maximum atomic E-state index is 12.5. The second-order valence-corrected chi connectivity index (χ2v) is 7.33. The highest BCUT2D eigenvalue weighted by molar-refractivity contribution is 5.96. The number of rotatable bonds is 5. The Bertz CT molecular complexity index is 998. The van der Waals surface area contributed by atoms with Gasteiger partial charge < -0.3 is 10.2 Å². The lowest BCUT2D eigenvalue weighted by Crippen LogP contribution is -2.37. The molecular formula is C25H24N2O2. The first-order chi connectivity index (χ1) is 14.1. The Kier molecular flexibility index (Phi) is 5.43. The Hall–Kier alpha value is -3.40. The van der Waals surface area contributed by atoms with Gasteiger partial charge in [-0.15, -0.1) is 0 Å². The molecule has 2 amide bonds. The van der Waals surface area contributed by atoms with E-state index in [9.17, 15) is 9.59 Å². The molecule has 146 valence electrons. The number of benzene rings is 3. The van der Waals surface area contributed by atoms with Gasteiger partial charge in [-0.2, -0.15) is 0 Å². The highest BCUT2D eigenvalue weighted by Crippen LogP contribution is 2.22. The number of hydrogen-bond donors (Lipinski definition) is 1. The van der Waals surface area contributed by atoms with E-state index in [1.165, 1.54) is 16.7 Å². The van der Waals surface area contributed by atoms with Crippen LogP contribution in [0.5, 0.6) is 0 Å². The number of nitrogens with one attached hydrogen (secondary N) is 1. The van der Waals surface area contributed by atoms with Gasteiger partial charge in [0.1, 0.15) is 0 Å². The van der Waals surface area contributed by atoms with Gasteiger partial charge >= 0.3 is 0 Å². The molecule has 0 aliphatic carbocycles. The third-order valence-corrected chi connectivity index (χ3v) is 5.44. The molecule has 0 saturated heterocycles. The summed E-state index contributed by atoms with van der Waals surface area (Å²) in [6, 6.07) is 24.0. The average Bonchev–Trinajstić information content (AvgIpc) is 3.22. The number of carbonyl (C=O) groups excluding carboxylic acids is 2. The van der Waals surface area contributed by atoms with E-state index < -0.39 is 0 Å². The minimum Gasteiger partial charge on any atom is -0.343 e. The second kappa shape index (κ2) is 8.31. The van der Waals surface area contributed by atoms with Crippen molar-refractivity contribution < 1.29 is 9.59 Å². The van der Waals surface area contributed by atoms with E-state index in [1.54, 1.807) is 17.0 Å². The maximum Gasteiger partial charge on any atom is 0.251 e. The zero-order valence-electron chi connectivity index (χ0n) is 16.5. The van der Waals surface area contributed by atoms with Crippen molar-refractivity contribution in [2.45, 2.75) is 26.4 Å². The van der Waals surface area contributed by atoms with Gasteiger partial charge in [-0.3, -0.25) is 9.59 Å². The van der Waals surface area contributed by atoms with Crippen molar-refractivity contribution in [2.24, 2.45) is 0 Å². The highest BCUT2D eigenvalue weighted by atomic mass is 16.2. The van der Waals surface area contributed by atoms with Gasteiger partial charge in [0.25, 0.3) is 5.91 Å². The third kappa shape index (κ3) is 4.21. The number of fused-ring (bicyclic) bond motifs is 1. The molecule has 0 fully saturated rings. The van der Waals surface area contributed by atoms with E-state index in [-0.39, 0.29) is 18.4 Å². The summed E-state index contributed by atoms with van der Waals surface area (Å²) in [5, 5.41) is 2.75. The summed E-state index contributed by atoms with van der Waals surface area (Å²) in [6.07, 6.45) is 1.02. The molecule has 4 rings (SSSR count). The molecule has 1 heterocycles. The normalized spacial score (nSPS) is 12.5. The van der Waals surface area contributed by atoms with Gasteiger partial charge in [0.2, 0.25) is 5.91 Å². The van der Waals surface area contributed by atoms with Crippen LogP contribution in [0.25, 0.3) is 11.1 Å². The molecule has 3 aromatic rings. The monoisotopic (exact) mass is 384 g/mol. The average molecular weight is 384 g/mol. The standard InChI is InChI=1S/C25H24N2O2/c1-2-18-7-9-19(10-8-18)20-11-13-21(14-12-20)25(29)26-15-24(28)27-16-22-5-3-4-6-23(22)17-27/h3-14H,2,15-17H2,1H3,(H,26,29). The van der Waals surface area contributed by atoms with E-state index >= 15 is 0 Å². The molecule has 4 nitrogen and oxygen atoms in total. The van der Waals surface area contributed by atoms with Crippen molar-refractivity contribution >= 4 is 11.8 Å². The van der Waals surface area contributed by atoms with E-state index in [0.29, 0.717) is 18.7 Å². The van der Waals surface area contributed by atoms with Gasteiger partial charge in [0, 0.05) is 18.7 Å². The van der Waals surface area contributed by atoms with Crippen molar-refractivity contribution in [1.29, 1.82) is 0 Å². The molecule has 4 heteroatoms. The Morgan fingerprint density at radius 2 is 1.38 bits per heavy atom. The lowest BCUT2D eigenvalue weighted by atomic mass is 10.0. The van der Waals surface area contributed by atoms with Gasteiger partial charge in [-0.05, 0) is 46.4 Å². The molecule has 0 unspecified atom stereocenters. The van der Waals surface area contributed by atoms with E-state index in [0.717, 1.165) is 17.5 Å². The van der Waals surface area contributed by atoms with Crippen molar-refractivity contribution in [1.82, 2.24) is 10.2 Å². The number of amides is 2. The van der Waals surface area contributed by atoms with Gasteiger partial charge in [-0.25, -0.2) is 0 Å². The molecule has 0 aromatic heterocycles. The van der Waals surface area contributed by atoms with E-state index in [4.69, 9.17) is 0 Å². The number of aryl methyl sites for hydroxylation is 1. The SMILES string of the molecule is CCc1ccc(-c2ccc(C(=O)NCC(=O)N3Cc4ccccc4C3)cc2)cc1. The quantitative estimate of drug-likeness (QED) is 0.717. The second-order valence-electron chi connectivity index (χ2n) is 7.33. The van der Waals surface area contributed by atoms with E-state index in [1.807, 2.05) is 36.4 Å². The van der Waals surface area contributed by atoms with Crippen LogP contribution in [0, 0.1) is 0 Å². The van der Waals surface area contributed by atoms with Crippen LogP contribution in [0.1, 0.15) is 34.0 Å². The molecule has 0 radical (unpaired) electrons. The summed E-state index contributed by atoms with van der Waals surface area (Å²) in [4.78, 5) is 26.7. The lowest BCUT2D eigenvalue weighted by Gasteiger charge is -2.15. The summed E-state index contributed by atoms with van der Waals surface area (Å²) < 4.78 is 0. The summed E-state index contributed by atoms with van der Waals surface area (Å²) >= 11 is 0. The van der Waals surface area contributed by atoms with Crippen LogP contribution in [-0.2, 0) is 24.3 Å². The zero-order chi connectivity index (χ0) is 20.2. The number of carbonyl (C=O) groups is 2. The van der Waals surface area contributed by atoms with Crippen LogP contribution in [0.2, 0.25) is 0 Å². The highest BCUT2D eigenvalue weighted by Gasteiger charge is 2.23. The maximum absolute atomic E-state index is 12.5. The summed E-state index contributed by atoms with van der Waals surface area (Å²) in [6.45, 7) is 3.36. The van der Waals surface area contributed by atoms with Gasteiger partial charge in [0.15, 0.2) is 0 Å². The molecule has 0 spiro atoms. The molecular weight excluding hydrogens is 360 g/mol. The Morgan fingerprint density at radius 3 is 1.93 bits per heavy atom. The first kappa shape index (κ1) is 18.9. The molecule has 1 N–H and O–H groups in total. The van der Waals surface area contributed by atoms with Crippen LogP contribution in [-0.4, -0.2) is 23.3 Å². The topological polar surface area (TPSA) is 49.4 Å². The van der Waals surface area contributed by atoms with Crippen molar-refractivity contribution in [2.75, 3.05) is 6.54 Å². The third-order valence-electron chi connectivity index (χ3n) is 5.44. The fraction of sp³-hybridized carbons (Fsp3) is 0.200. The molecule has 0 bridgehead atoms. The first-order valence-corrected chi connectivity index (χ1v) is 9.96. The summed E-state index contributed by atoms with van der Waals surface area (Å²) in [5.41, 5.74) is 6.39. The van der Waals surface area contributed by atoms with Crippen LogP contribution in [0.3, 0.4) is 0 Å². The first-order valence-electron chi connectivity index (χ1n) is 9.96. The van der Waals surface area contributed by atoms with Crippen LogP contribution < -0.4 is 5.32 Å². The smallest absolute Gasteiger partial charge is 0.251 e. The predicted octanol–water partition coefficient (Wildman–Crippen LogP) is 4.19. The molecule has 0 saturated carbocycles. The molecule has 3 aromatic carbocycles. The van der Waals surface area contributed by atoms with Crippen LogP contribution in [0.4, 0.5) is 0 Å². The largest absolute Gasteiger partial charge is 0.343 e. The Labute approximate surface area is 171 Å². The number of nitrogens with zero attached hydrogens (tertiary/aromatic N) is 1. The fourth-order valence-electron chi connectivity index (χ4n) is 3.63. The van der Waals surface area contributed by atoms with Crippen molar-refractivity contribution in [3.8, 4) is 11.1 Å². The molecule has 1 aliphatic heterocycles. The minimum atomic E-state index is -0.233. The van der Waals surface area contributed by atoms with Gasteiger partial charge in [0.05, 0.1) is 6.54 Å².